The first-order valence-corrected chi connectivity index (χ1v) is 1.84. The quantitative estimate of drug-likeness (QED) is 0.288. The first-order chi connectivity index (χ1) is 5.20. The van der Waals surface area contributed by atoms with Gasteiger partial charge in [-0.25, -0.2) is 0 Å². The molecule has 0 rings (SSSR count). The maximum atomic E-state index is 8.33. The van der Waals surface area contributed by atoms with Crippen molar-refractivity contribution < 1.29 is 125 Å². The van der Waals surface area contributed by atoms with Gasteiger partial charge in [-0.15, -0.1) is 0 Å². The molecule has 10 nitrogen and oxygen atoms in total. The summed E-state index contributed by atoms with van der Waals surface area (Å²) in [6.07, 6.45) is -7.00. The molecular formula is C3H2Er2O10. The van der Waals surface area contributed by atoms with Crippen molar-refractivity contribution in [1.82, 2.24) is 0 Å². The van der Waals surface area contributed by atoms with Crippen molar-refractivity contribution in [2.24, 2.45) is 0 Å². The van der Waals surface area contributed by atoms with Gasteiger partial charge in [-0.2, -0.15) is 0 Å². The molecule has 0 aliphatic carbocycles. The molecule has 0 atom stereocenters. The summed E-state index contributed by atoms with van der Waals surface area (Å²) < 4.78 is 0. The van der Waals surface area contributed by atoms with Gasteiger partial charge in [-0.3, -0.25) is 0 Å². The van der Waals surface area contributed by atoms with Crippen LogP contribution in [-0.4, -0.2) is 23.9 Å². The minimum absolute atomic E-state index is 0. The Bertz CT molecular complexity index is 116. The molecule has 0 amide bonds. The number of hydrogen-bond donors (Lipinski definition) is 0. The average Bonchev–Trinajstić information content (AvgIpc) is 1.54. The molecular weight excluding hydrogens is 531 g/mol. The topological polar surface area (TPSA) is 221 Å². The van der Waals surface area contributed by atoms with Crippen molar-refractivity contribution in [1.29, 1.82) is 0 Å². The van der Waals surface area contributed by atoms with Crippen LogP contribution >= 0.6 is 0 Å². The fraction of sp³-hybridized carbons (Fsp3) is 0. The Hall–Kier alpha value is 0.264. The van der Waals surface area contributed by atoms with E-state index >= 15 is 0 Å². The van der Waals surface area contributed by atoms with Crippen LogP contribution in [0, 0.1) is 74.6 Å². The number of rotatable bonds is 0. The van der Waals surface area contributed by atoms with Crippen LogP contribution in [0.4, 0.5) is 14.4 Å². The first kappa shape index (κ1) is 36.2. The molecule has 0 unspecified atom stereocenters. The molecule has 0 heterocycles. The maximum Gasteiger partial charge on any atom is 3.00 e. The van der Waals surface area contributed by atoms with Gasteiger partial charge in [0.1, 0.15) is 0 Å². The van der Waals surface area contributed by atoms with Gasteiger partial charge in [-0.1, -0.05) is 0 Å². The van der Waals surface area contributed by atoms with Crippen molar-refractivity contribution in [3.8, 4) is 0 Å². The van der Waals surface area contributed by atoms with E-state index in [9.17, 15) is 0 Å². The third-order valence-corrected chi connectivity index (χ3v) is 0. The SMILES string of the molecule is O.O=C([O-])[O-].O=C([O-])[O-].O=C([O-])[O-].[Er+3].[Er+3]. The minimum atomic E-state index is -2.33. The Labute approximate surface area is 142 Å². The predicted octanol–water partition coefficient (Wildman–Crippen LogP) is -8.17. The number of carbonyl (C=O) groups excluding carboxylic acids is 3. The van der Waals surface area contributed by atoms with E-state index in [1.165, 1.54) is 0 Å². The van der Waals surface area contributed by atoms with E-state index in [0.717, 1.165) is 0 Å². The molecule has 0 saturated heterocycles. The van der Waals surface area contributed by atoms with E-state index in [2.05, 4.69) is 0 Å². The zero-order chi connectivity index (χ0) is 10.7. The molecule has 98 valence electrons. The van der Waals surface area contributed by atoms with E-state index in [1.54, 1.807) is 0 Å². The smallest absolute Gasteiger partial charge is 0.652 e. The van der Waals surface area contributed by atoms with E-state index < -0.39 is 18.5 Å². The van der Waals surface area contributed by atoms with E-state index in [-0.39, 0.29) is 80.1 Å². The van der Waals surface area contributed by atoms with Crippen molar-refractivity contribution in [3.63, 3.8) is 0 Å². The maximum absolute atomic E-state index is 8.33. The van der Waals surface area contributed by atoms with Gasteiger partial charge in [0.25, 0.3) is 0 Å². The zero-order valence-corrected chi connectivity index (χ0v) is 9.96. The predicted molar refractivity (Wildman–Crippen MR) is 19.8 cm³/mol. The van der Waals surface area contributed by atoms with Crippen molar-refractivity contribution >= 4 is 18.5 Å². The van der Waals surface area contributed by atoms with Gasteiger partial charge in [0.05, 0.1) is 0 Å². The summed E-state index contributed by atoms with van der Waals surface area (Å²) in [6, 6.07) is 0. The van der Waals surface area contributed by atoms with Crippen molar-refractivity contribution in [2.75, 3.05) is 0 Å². The van der Waals surface area contributed by atoms with Gasteiger partial charge < -0.3 is 50.5 Å². The Morgan fingerprint density at radius 3 is 0.533 bits per heavy atom. The average molecular weight is 533 g/mol. The monoisotopic (exact) mass is 530 g/mol. The zero-order valence-electron chi connectivity index (χ0n) is 6.25. The molecule has 0 aromatic heterocycles. The van der Waals surface area contributed by atoms with Crippen LogP contribution in [0.1, 0.15) is 0 Å². The van der Waals surface area contributed by atoms with Gasteiger partial charge in [0.15, 0.2) is 0 Å². The van der Waals surface area contributed by atoms with Gasteiger partial charge in [0.2, 0.25) is 0 Å². The van der Waals surface area contributed by atoms with Gasteiger partial charge in [-0.05, 0) is 18.5 Å². The Balaban J connectivity index is -0.0000000184. The van der Waals surface area contributed by atoms with Crippen LogP contribution in [0.2, 0.25) is 0 Å². The summed E-state index contributed by atoms with van der Waals surface area (Å²) in [5.41, 5.74) is 0. The Morgan fingerprint density at radius 2 is 0.533 bits per heavy atom. The van der Waals surface area contributed by atoms with Crippen LogP contribution in [0.3, 0.4) is 0 Å². The largest absolute Gasteiger partial charge is 3.00 e. The Morgan fingerprint density at radius 1 is 0.533 bits per heavy atom. The second kappa shape index (κ2) is 29.2. The second-order valence-electron chi connectivity index (χ2n) is 0.750. The summed E-state index contributed by atoms with van der Waals surface area (Å²) in [6.45, 7) is 0. The number of carbonyl (C=O) groups is 3. The normalized spacial score (nSPS) is 4.80. The summed E-state index contributed by atoms with van der Waals surface area (Å²) in [5, 5.41) is 50.0. The van der Waals surface area contributed by atoms with Gasteiger partial charge in [0, 0.05) is 0 Å². The Kier molecular flexibility index (Phi) is 70.5. The molecule has 0 fully saturated rings. The molecule has 0 aliphatic heterocycles. The minimum Gasteiger partial charge on any atom is -0.652 e. The third kappa shape index (κ3) is 30900. The molecule has 0 aliphatic rings. The van der Waals surface area contributed by atoms with Crippen molar-refractivity contribution in [3.05, 3.63) is 0 Å². The summed E-state index contributed by atoms with van der Waals surface area (Å²) in [5.74, 6) is 0. The summed E-state index contributed by atoms with van der Waals surface area (Å²) in [7, 11) is 0. The van der Waals surface area contributed by atoms with Crippen LogP contribution in [-0.2, 0) is 0 Å². The molecule has 0 aromatic carbocycles. The molecule has 0 spiro atoms. The second-order valence-corrected chi connectivity index (χ2v) is 0.750. The van der Waals surface area contributed by atoms with Gasteiger partial charge >= 0.3 is 74.6 Å². The van der Waals surface area contributed by atoms with E-state index in [4.69, 9.17) is 45.0 Å². The van der Waals surface area contributed by atoms with Crippen LogP contribution in [0.5, 0.6) is 0 Å². The molecule has 2 N–H and O–H groups in total. The molecule has 15 heavy (non-hydrogen) atoms. The molecule has 0 bridgehead atoms. The van der Waals surface area contributed by atoms with E-state index in [1.807, 2.05) is 0 Å². The van der Waals surface area contributed by atoms with E-state index in [0.29, 0.717) is 0 Å². The third-order valence-electron chi connectivity index (χ3n) is 0. The summed E-state index contributed by atoms with van der Waals surface area (Å²) >= 11 is 0. The number of carboxylic acid groups (broad SMARTS) is 6. The number of hydrogen-bond acceptors (Lipinski definition) is 9. The van der Waals surface area contributed by atoms with Crippen LogP contribution in [0.15, 0.2) is 0 Å². The molecule has 0 saturated carbocycles. The molecule has 2 radical (unpaired) electrons. The first-order valence-electron chi connectivity index (χ1n) is 1.84. The van der Waals surface area contributed by atoms with Crippen molar-refractivity contribution in [2.45, 2.75) is 0 Å². The molecule has 12 heteroatoms. The van der Waals surface area contributed by atoms with Crippen LogP contribution in [0.25, 0.3) is 0 Å². The standard InChI is InChI=1S/3CH2O3.2Er.H2O/c3*2-1(3)4;;;/h3*(H2,2,3,4);;;1H2/q;;;2*+3;/p-6. The molecule has 0 aromatic rings. The fourth-order valence-corrected chi connectivity index (χ4v) is 0. The fourth-order valence-electron chi connectivity index (χ4n) is 0. The summed E-state index contributed by atoms with van der Waals surface area (Å²) in [4.78, 5) is 25.0. The van der Waals surface area contributed by atoms with Crippen LogP contribution < -0.4 is 30.6 Å².